The Morgan fingerprint density at radius 2 is 2.06 bits per heavy atom. The van der Waals surface area contributed by atoms with E-state index in [9.17, 15) is 14.0 Å². The minimum Gasteiger partial charge on any atom is -0.461 e. The number of nitrogens with one attached hydrogen (secondary N) is 1. The number of piperidine rings is 1. The lowest BCUT2D eigenvalue weighted by Gasteiger charge is -2.31. The van der Waals surface area contributed by atoms with Gasteiger partial charge < -0.3 is 10.1 Å². The summed E-state index contributed by atoms with van der Waals surface area (Å²) in [5, 5.41) is 5.69. The fourth-order valence-electron chi connectivity index (χ4n) is 3.72. The summed E-state index contributed by atoms with van der Waals surface area (Å²) in [6, 6.07) is 9.73. The van der Waals surface area contributed by atoms with Crippen molar-refractivity contribution >= 4 is 23.2 Å². The van der Waals surface area contributed by atoms with Crippen molar-refractivity contribution in [1.29, 1.82) is 0 Å². The molecule has 1 aromatic carbocycles. The van der Waals surface area contributed by atoms with Gasteiger partial charge in [-0.3, -0.25) is 14.7 Å². The zero-order valence-corrected chi connectivity index (χ0v) is 19.1. The van der Waals surface area contributed by atoms with Crippen molar-refractivity contribution in [2.75, 3.05) is 19.7 Å². The Hall–Kier alpha value is -3.17. The van der Waals surface area contributed by atoms with E-state index in [4.69, 9.17) is 4.74 Å². The number of esters is 1. The number of nitrogens with zero attached hydrogens (tertiary/aromatic N) is 3. The SMILES string of the molecule is CCOC(=O)c1csc(CN2CCC(NC(=O)c3ccc(-c4cccc(F)c4)nc3)CC2)n1. The Kier molecular flexibility index (Phi) is 7.41. The average molecular weight is 469 g/mol. The molecule has 9 heteroatoms. The molecule has 3 aromatic rings. The van der Waals surface area contributed by atoms with Crippen LogP contribution in [-0.2, 0) is 11.3 Å². The lowest BCUT2D eigenvalue weighted by Crippen LogP contribution is -2.44. The molecule has 0 saturated carbocycles. The van der Waals surface area contributed by atoms with E-state index in [1.54, 1.807) is 36.6 Å². The monoisotopic (exact) mass is 468 g/mol. The largest absolute Gasteiger partial charge is 0.461 e. The normalized spacial score (nSPS) is 14.7. The summed E-state index contributed by atoms with van der Waals surface area (Å²) in [7, 11) is 0. The van der Waals surface area contributed by atoms with Gasteiger partial charge in [0, 0.05) is 36.3 Å². The molecule has 1 fully saturated rings. The van der Waals surface area contributed by atoms with E-state index in [0.29, 0.717) is 35.7 Å². The molecule has 0 spiro atoms. The Bertz CT molecular complexity index is 1110. The van der Waals surface area contributed by atoms with E-state index >= 15 is 0 Å². The van der Waals surface area contributed by atoms with Gasteiger partial charge in [0.25, 0.3) is 5.91 Å². The number of likely N-dealkylation sites (tertiary alicyclic amines) is 1. The quantitative estimate of drug-likeness (QED) is 0.529. The predicted molar refractivity (Wildman–Crippen MR) is 123 cm³/mol. The number of amides is 1. The van der Waals surface area contributed by atoms with Gasteiger partial charge in [0.05, 0.1) is 24.4 Å². The standard InChI is InChI=1S/C24H25FN4O3S/c1-2-32-24(31)21-15-33-22(28-21)14-29-10-8-19(9-11-29)27-23(30)17-6-7-20(26-13-17)16-4-3-5-18(25)12-16/h3-7,12-13,15,19H,2,8-11,14H2,1H3,(H,27,30). The minimum atomic E-state index is -0.389. The smallest absolute Gasteiger partial charge is 0.357 e. The third-order valence-electron chi connectivity index (χ3n) is 5.46. The third-order valence-corrected chi connectivity index (χ3v) is 6.30. The van der Waals surface area contributed by atoms with E-state index in [1.165, 1.54) is 29.7 Å². The van der Waals surface area contributed by atoms with Crippen LogP contribution in [0.4, 0.5) is 4.39 Å². The van der Waals surface area contributed by atoms with Gasteiger partial charge in [-0.25, -0.2) is 14.2 Å². The maximum Gasteiger partial charge on any atom is 0.357 e. The first-order chi connectivity index (χ1) is 16.0. The van der Waals surface area contributed by atoms with Crippen LogP contribution in [0.3, 0.4) is 0 Å². The van der Waals surface area contributed by atoms with E-state index in [0.717, 1.165) is 30.9 Å². The number of thiazole rings is 1. The van der Waals surface area contributed by atoms with Gasteiger partial charge in [-0.2, -0.15) is 0 Å². The van der Waals surface area contributed by atoms with Crippen molar-refractivity contribution in [3.05, 3.63) is 70.1 Å². The minimum absolute atomic E-state index is 0.0861. The lowest BCUT2D eigenvalue weighted by molar-refractivity contribution is 0.0520. The van der Waals surface area contributed by atoms with Gasteiger partial charge in [0.1, 0.15) is 10.8 Å². The summed E-state index contributed by atoms with van der Waals surface area (Å²) < 4.78 is 18.4. The number of hydrogen-bond donors (Lipinski definition) is 1. The van der Waals surface area contributed by atoms with Crippen LogP contribution in [0.2, 0.25) is 0 Å². The van der Waals surface area contributed by atoms with Gasteiger partial charge in [0.15, 0.2) is 5.69 Å². The van der Waals surface area contributed by atoms with Crippen LogP contribution in [0.1, 0.15) is 45.6 Å². The van der Waals surface area contributed by atoms with E-state index in [-0.39, 0.29) is 23.7 Å². The Balaban J connectivity index is 1.26. The Morgan fingerprint density at radius 3 is 2.76 bits per heavy atom. The van der Waals surface area contributed by atoms with Crippen LogP contribution in [0, 0.1) is 5.82 Å². The van der Waals surface area contributed by atoms with Crippen molar-refractivity contribution < 1.29 is 18.7 Å². The van der Waals surface area contributed by atoms with Crippen LogP contribution in [0.15, 0.2) is 48.0 Å². The van der Waals surface area contributed by atoms with Crippen molar-refractivity contribution in [2.24, 2.45) is 0 Å². The molecule has 7 nitrogen and oxygen atoms in total. The predicted octanol–water partition coefficient (Wildman–Crippen LogP) is 3.92. The van der Waals surface area contributed by atoms with Crippen LogP contribution in [0.25, 0.3) is 11.3 Å². The molecule has 1 saturated heterocycles. The summed E-state index contributed by atoms with van der Waals surface area (Å²) in [5.74, 6) is -0.873. The fourth-order valence-corrected chi connectivity index (χ4v) is 4.53. The summed E-state index contributed by atoms with van der Waals surface area (Å²) in [6.45, 7) is 4.44. The number of halogens is 1. The molecule has 0 unspecified atom stereocenters. The summed E-state index contributed by atoms with van der Waals surface area (Å²) in [4.78, 5) is 35.3. The number of carbonyl (C=O) groups is 2. The van der Waals surface area contributed by atoms with Crippen molar-refractivity contribution in [3.63, 3.8) is 0 Å². The molecule has 172 valence electrons. The number of hydrogen-bond acceptors (Lipinski definition) is 7. The molecule has 0 aliphatic carbocycles. The first-order valence-electron chi connectivity index (χ1n) is 10.9. The van der Waals surface area contributed by atoms with Crippen molar-refractivity contribution in [3.8, 4) is 11.3 Å². The first-order valence-corrected chi connectivity index (χ1v) is 11.8. The molecule has 1 aliphatic rings. The molecule has 1 amide bonds. The molecule has 4 rings (SSSR count). The van der Waals surface area contributed by atoms with Gasteiger partial charge in [0.2, 0.25) is 0 Å². The van der Waals surface area contributed by atoms with Crippen LogP contribution >= 0.6 is 11.3 Å². The van der Waals surface area contributed by atoms with Crippen LogP contribution in [0.5, 0.6) is 0 Å². The zero-order chi connectivity index (χ0) is 23.2. The second-order valence-electron chi connectivity index (χ2n) is 7.81. The van der Waals surface area contributed by atoms with Gasteiger partial charge >= 0.3 is 5.97 Å². The third kappa shape index (κ3) is 6.00. The van der Waals surface area contributed by atoms with Crippen LogP contribution < -0.4 is 5.32 Å². The Labute approximate surface area is 195 Å². The number of rotatable bonds is 7. The topological polar surface area (TPSA) is 84.4 Å². The highest BCUT2D eigenvalue weighted by molar-refractivity contribution is 7.09. The molecule has 0 radical (unpaired) electrons. The molecule has 1 N–H and O–H groups in total. The van der Waals surface area contributed by atoms with Crippen molar-refractivity contribution in [1.82, 2.24) is 20.2 Å². The summed E-state index contributed by atoms with van der Waals surface area (Å²) in [6.07, 6.45) is 3.18. The number of pyridine rings is 1. The fraction of sp³-hybridized carbons (Fsp3) is 0.333. The second kappa shape index (κ2) is 10.6. The molecule has 33 heavy (non-hydrogen) atoms. The number of ether oxygens (including phenoxy) is 1. The zero-order valence-electron chi connectivity index (χ0n) is 18.3. The highest BCUT2D eigenvalue weighted by atomic mass is 32.1. The summed E-state index contributed by atoms with van der Waals surface area (Å²) >= 11 is 1.46. The second-order valence-corrected chi connectivity index (χ2v) is 8.76. The van der Waals surface area contributed by atoms with E-state index in [2.05, 4.69) is 20.2 Å². The number of carbonyl (C=O) groups excluding carboxylic acids is 2. The highest BCUT2D eigenvalue weighted by Crippen LogP contribution is 2.20. The maximum absolute atomic E-state index is 13.4. The molecule has 2 aromatic heterocycles. The molecule has 0 atom stereocenters. The van der Waals surface area contributed by atoms with E-state index < -0.39 is 0 Å². The van der Waals surface area contributed by atoms with Crippen molar-refractivity contribution in [2.45, 2.75) is 32.4 Å². The van der Waals surface area contributed by atoms with Crippen LogP contribution in [-0.4, -0.2) is 52.5 Å². The highest BCUT2D eigenvalue weighted by Gasteiger charge is 2.22. The summed E-state index contributed by atoms with van der Waals surface area (Å²) in [5.41, 5.74) is 2.12. The average Bonchev–Trinajstić information content (AvgIpc) is 3.29. The van der Waals surface area contributed by atoms with Gasteiger partial charge in [-0.1, -0.05) is 12.1 Å². The van der Waals surface area contributed by atoms with Gasteiger partial charge in [-0.05, 0) is 44.0 Å². The molecule has 1 aliphatic heterocycles. The lowest BCUT2D eigenvalue weighted by atomic mass is 10.0. The molecule has 0 bridgehead atoms. The Morgan fingerprint density at radius 1 is 1.24 bits per heavy atom. The first kappa shape index (κ1) is 23.0. The molecular weight excluding hydrogens is 443 g/mol. The number of benzene rings is 1. The van der Waals surface area contributed by atoms with Gasteiger partial charge in [-0.15, -0.1) is 11.3 Å². The molecule has 3 heterocycles. The van der Waals surface area contributed by atoms with E-state index in [1.807, 2.05) is 0 Å². The molecular formula is C24H25FN4O3S. The maximum atomic E-state index is 13.4. The number of aromatic nitrogens is 2.